The summed E-state index contributed by atoms with van der Waals surface area (Å²) in [5.74, 6) is 0. The van der Waals surface area contributed by atoms with E-state index < -0.39 is 0 Å². The third-order valence-electron chi connectivity index (χ3n) is 3.36. The highest BCUT2D eigenvalue weighted by Gasteiger charge is 2.11. The Morgan fingerprint density at radius 3 is 2.68 bits per heavy atom. The Balaban J connectivity index is 2.05. The summed E-state index contributed by atoms with van der Waals surface area (Å²) in [7, 11) is 1.94. The molecule has 0 bridgehead atoms. The fourth-order valence-corrected chi connectivity index (χ4v) is 2.52. The van der Waals surface area contributed by atoms with Gasteiger partial charge in [-0.2, -0.15) is 5.10 Å². The molecule has 102 valence electrons. The summed E-state index contributed by atoms with van der Waals surface area (Å²) in [5.41, 5.74) is 3.41. The number of benzene rings is 1. The molecule has 0 spiro atoms. The summed E-state index contributed by atoms with van der Waals surface area (Å²) in [6.07, 6.45) is 1.89. The minimum absolute atomic E-state index is 0.157. The van der Waals surface area contributed by atoms with Gasteiger partial charge in [0.1, 0.15) is 0 Å². The average molecular weight is 298 g/mol. The second-order valence-corrected chi connectivity index (χ2v) is 5.49. The maximum atomic E-state index is 6.20. The van der Waals surface area contributed by atoms with Crippen LogP contribution in [0.2, 0.25) is 10.0 Å². The molecular weight excluding hydrogens is 281 g/mol. The van der Waals surface area contributed by atoms with Gasteiger partial charge in [0.15, 0.2) is 0 Å². The zero-order valence-corrected chi connectivity index (χ0v) is 12.8. The zero-order valence-electron chi connectivity index (χ0n) is 11.2. The molecule has 0 saturated carbocycles. The van der Waals surface area contributed by atoms with Gasteiger partial charge in [-0.1, -0.05) is 29.3 Å². The molecule has 3 nitrogen and oxygen atoms in total. The second kappa shape index (κ2) is 5.95. The van der Waals surface area contributed by atoms with Gasteiger partial charge in [0.2, 0.25) is 0 Å². The number of nitrogens with one attached hydrogen (secondary N) is 1. The van der Waals surface area contributed by atoms with Crippen LogP contribution < -0.4 is 5.32 Å². The lowest BCUT2D eigenvalue weighted by molar-refractivity contribution is 0.572. The Kier molecular flexibility index (Phi) is 4.50. The smallest absolute Gasteiger partial charge is 0.0537 e. The first-order valence-corrected chi connectivity index (χ1v) is 6.90. The SMILES string of the molecule is Cc1c(CNC(C)c2ccc(Cl)cc2Cl)cnn1C. The highest BCUT2D eigenvalue weighted by atomic mass is 35.5. The first-order valence-electron chi connectivity index (χ1n) is 6.15. The van der Waals surface area contributed by atoms with Crippen LogP contribution in [0.1, 0.15) is 29.8 Å². The molecule has 0 saturated heterocycles. The predicted octanol–water partition coefficient (Wildman–Crippen LogP) is 3.89. The Hall–Kier alpha value is -1.03. The van der Waals surface area contributed by atoms with Crippen molar-refractivity contribution in [3.05, 3.63) is 51.3 Å². The maximum Gasteiger partial charge on any atom is 0.0537 e. The monoisotopic (exact) mass is 297 g/mol. The quantitative estimate of drug-likeness (QED) is 0.928. The lowest BCUT2D eigenvalue weighted by Crippen LogP contribution is -2.18. The minimum atomic E-state index is 0.157. The number of hydrogen-bond acceptors (Lipinski definition) is 2. The van der Waals surface area contributed by atoms with Gasteiger partial charge in [0, 0.05) is 40.9 Å². The molecule has 1 heterocycles. The zero-order chi connectivity index (χ0) is 14.0. The summed E-state index contributed by atoms with van der Waals surface area (Å²) in [6.45, 7) is 4.91. The van der Waals surface area contributed by atoms with Crippen LogP contribution >= 0.6 is 23.2 Å². The molecule has 0 amide bonds. The normalized spacial score (nSPS) is 12.7. The van der Waals surface area contributed by atoms with Gasteiger partial charge in [-0.25, -0.2) is 0 Å². The van der Waals surface area contributed by atoms with Crippen molar-refractivity contribution in [3.63, 3.8) is 0 Å². The number of nitrogens with zero attached hydrogens (tertiary/aromatic N) is 2. The summed E-state index contributed by atoms with van der Waals surface area (Å²) in [5, 5.41) is 9.02. The van der Waals surface area contributed by atoms with E-state index in [0.29, 0.717) is 10.0 Å². The fourth-order valence-electron chi connectivity index (χ4n) is 1.94. The molecule has 1 aromatic carbocycles. The topological polar surface area (TPSA) is 29.9 Å². The van der Waals surface area contributed by atoms with E-state index in [1.807, 2.05) is 30.1 Å². The molecule has 1 aromatic heterocycles. The summed E-state index contributed by atoms with van der Waals surface area (Å²) in [4.78, 5) is 0. The number of rotatable bonds is 4. The molecule has 1 unspecified atom stereocenters. The number of aryl methyl sites for hydroxylation is 1. The Morgan fingerprint density at radius 1 is 1.37 bits per heavy atom. The third kappa shape index (κ3) is 3.30. The number of aromatic nitrogens is 2. The molecule has 1 atom stereocenters. The minimum Gasteiger partial charge on any atom is -0.306 e. The van der Waals surface area contributed by atoms with E-state index in [-0.39, 0.29) is 6.04 Å². The first kappa shape index (κ1) is 14.4. The molecular formula is C14H17Cl2N3. The van der Waals surface area contributed by atoms with Crippen molar-refractivity contribution in [2.45, 2.75) is 26.4 Å². The van der Waals surface area contributed by atoms with Crippen molar-refractivity contribution in [2.24, 2.45) is 7.05 Å². The van der Waals surface area contributed by atoms with Crippen molar-refractivity contribution >= 4 is 23.2 Å². The van der Waals surface area contributed by atoms with E-state index in [1.54, 1.807) is 6.07 Å². The van der Waals surface area contributed by atoms with Gasteiger partial charge >= 0.3 is 0 Å². The second-order valence-electron chi connectivity index (χ2n) is 4.65. The molecule has 19 heavy (non-hydrogen) atoms. The van der Waals surface area contributed by atoms with Gasteiger partial charge in [-0.3, -0.25) is 4.68 Å². The predicted molar refractivity (Wildman–Crippen MR) is 79.7 cm³/mol. The first-order chi connectivity index (χ1) is 8.99. The molecule has 0 fully saturated rings. The van der Waals surface area contributed by atoms with Crippen LogP contribution in [-0.2, 0) is 13.6 Å². The van der Waals surface area contributed by atoms with Gasteiger partial charge < -0.3 is 5.32 Å². The fraction of sp³-hybridized carbons (Fsp3) is 0.357. The third-order valence-corrected chi connectivity index (χ3v) is 3.93. The van der Waals surface area contributed by atoms with E-state index in [9.17, 15) is 0 Å². The Labute approximate surface area is 123 Å². The number of hydrogen-bond donors (Lipinski definition) is 1. The van der Waals surface area contributed by atoms with Crippen LogP contribution in [0.15, 0.2) is 24.4 Å². The highest BCUT2D eigenvalue weighted by Crippen LogP contribution is 2.26. The maximum absolute atomic E-state index is 6.20. The average Bonchev–Trinajstić information content (AvgIpc) is 2.67. The molecule has 0 aliphatic heterocycles. The summed E-state index contributed by atoms with van der Waals surface area (Å²) >= 11 is 12.1. The van der Waals surface area contributed by atoms with Crippen LogP contribution in [0.3, 0.4) is 0 Å². The molecule has 0 aliphatic carbocycles. The van der Waals surface area contributed by atoms with Crippen molar-refractivity contribution in [1.29, 1.82) is 0 Å². The van der Waals surface area contributed by atoms with E-state index in [0.717, 1.165) is 12.1 Å². The largest absolute Gasteiger partial charge is 0.306 e. The van der Waals surface area contributed by atoms with Crippen molar-refractivity contribution in [1.82, 2.24) is 15.1 Å². The van der Waals surface area contributed by atoms with Crippen LogP contribution in [0, 0.1) is 6.92 Å². The van der Waals surface area contributed by atoms with E-state index in [4.69, 9.17) is 23.2 Å². The van der Waals surface area contributed by atoms with Gasteiger partial charge in [0.05, 0.1) is 6.20 Å². The number of halogens is 2. The van der Waals surface area contributed by atoms with Gasteiger partial charge in [-0.15, -0.1) is 0 Å². The van der Waals surface area contributed by atoms with Crippen molar-refractivity contribution in [3.8, 4) is 0 Å². The van der Waals surface area contributed by atoms with Crippen LogP contribution in [0.4, 0.5) is 0 Å². The molecule has 0 radical (unpaired) electrons. The van der Waals surface area contributed by atoms with Crippen LogP contribution in [-0.4, -0.2) is 9.78 Å². The van der Waals surface area contributed by atoms with Gasteiger partial charge in [0.25, 0.3) is 0 Å². The summed E-state index contributed by atoms with van der Waals surface area (Å²) < 4.78 is 1.87. The van der Waals surface area contributed by atoms with Crippen molar-refractivity contribution < 1.29 is 0 Å². The lowest BCUT2D eigenvalue weighted by Gasteiger charge is -2.15. The molecule has 1 N–H and O–H groups in total. The highest BCUT2D eigenvalue weighted by molar-refractivity contribution is 6.35. The van der Waals surface area contributed by atoms with Crippen LogP contribution in [0.5, 0.6) is 0 Å². The van der Waals surface area contributed by atoms with E-state index >= 15 is 0 Å². The molecule has 5 heteroatoms. The van der Waals surface area contributed by atoms with Gasteiger partial charge in [-0.05, 0) is 31.5 Å². The van der Waals surface area contributed by atoms with E-state index in [2.05, 4.69) is 24.3 Å². The molecule has 2 rings (SSSR count). The van der Waals surface area contributed by atoms with E-state index in [1.165, 1.54) is 11.3 Å². The van der Waals surface area contributed by atoms with Crippen LogP contribution in [0.25, 0.3) is 0 Å². The molecule has 2 aromatic rings. The Morgan fingerprint density at radius 2 is 2.11 bits per heavy atom. The summed E-state index contributed by atoms with van der Waals surface area (Å²) in [6, 6.07) is 5.74. The van der Waals surface area contributed by atoms with Crippen molar-refractivity contribution in [2.75, 3.05) is 0 Å². The Bertz CT molecular complexity index is 578. The molecule has 0 aliphatic rings. The standard InChI is InChI=1S/C14H17Cl2N3/c1-9(13-5-4-12(15)6-14(13)16)17-7-11-8-18-19(3)10(11)2/h4-6,8-9,17H,7H2,1-3H3. The lowest BCUT2D eigenvalue weighted by atomic mass is 10.1.